The fourth-order valence-electron chi connectivity index (χ4n) is 3.94. The predicted molar refractivity (Wildman–Crippen MR) is 153 cm³/mol. The lowest BCUT2D eigenvalue weighted by atomic mass is 9.99. The van der Waals surface area contributed by atoms with Crippen molar-refractivity contribution in [1.82, 2.24) is 0 Å². The quantitative estimate of drug-likeness (QED) is 0.170. The molecule has 12 heteroatoms. The van der Waals surface area contributed by atoms with Crippen molar-refractivity contribution in [2.75, 3.05) is 10.6 Å². The lowest BCUT2D eigenvalue weighted by Gasteiger charge is -2.13. The SMILES string of the molecule is Cc1cc(-c2ccc(NC(=O)c3ccc(Cl)c([N+](=O)[O-])c3)c(C)c2)ccc1NC(=O)c1ccc(Cl)c([N+](=O)[O-])c1. The topological polar surface area (TPSA) is 144 Å². The van der Waals surface area contributed by atoms with E-state index in [-0.39, 0.29) is 32.5 Å². The Labute approximate surface area is 237 Å². The number of halogens is 2. The van der Waals surface area contributed by atoms with Crippen molar-refractivity contribution in [2.24, 2.45) is 0 Å². The highest BCUT2D eigenvalue weighted by Gasteiger charge is 2.18. The first kappa shape index (κ1) is 28.2. The van der Waals surface area contributed by atoms with Gasteiger partial charge >= 0.3 is 0 Å². The smallest absolute Gasteiger partial charge is 0.288 e. The number of nitrogens with zero attached hydrogens (tertiary/aromatic N) is 2. The molecule has 4 aromatic carbocycles. The zero-order valence-corrected chi connectivity index (χ0v) is 22.5. The maximum absolute atomic E-state index is 12.7. The van der Waals surface area contributed by atoms with Crippen LogP contribution in [-0.4, -0.2) is 21.7 Å². The van der Waals surface area contributed by atoms with E-state index >= 15 is 0 Å². The van der Waals surface area contributed by atoms with Gasteiger partial charge < -0.3 is 10.6 Å². The predicted octanol–water partition coefficient (Wildman–Crippen LogP) is 7.60. The fourth-order valence-corrected chi connectivity index (χ4v) is 4.32. The standard InChI is InChI=1S/C28H20Cl2N4O6/c1-15-11-17(5-9-23(15)31-27(35)19-3-7-21(29)25(13-19)33(37)38)18-6-10-24(16(2)12-18)32-28(36)20-4-8-22(30)26(14-20)34(39)40/h3-14H,1-2H3,(H,31,35)(H,32,36). The molecule has 10 nitrogen and oxygen atoms in total. The first-order valence-corrected chi connectivity index (χ1v) is 12.4. The number of nitrogens with one attached hydrogen (secondary N) is 2. The lowest BCUT2D eigenvalue weighted by Crippen LogP contribution is -2.13. The van der Waals surface area contributed by atoms with Gasteiger partial charge in [0.1, 0.15) is 10.0 Å². The van der Waals surface area contributed by atoms with Crippen LogP contribution in [0.5, 0.6) is 0 Å². The molecule has 0 spiro atoms. The molecule has 0 aliphatic heterocycles. The normalized spacial score (nSPS) is 10.6. The number of anilines is 2. The van der Waals surface area contributed by atoms with Crippen molar-refractivity contribution in [3.63, 3.8) is 0 Å². The zero-order chi connectivity index (χ0) is 29.1. The van der Waals surface area contributed by atoms with E-state index in [0.717, 1.165) is 34.4 Å². The highest BCUT2D eigenvalue weighted by Crippen LogP contribution is 2.30. The highest BCUT2D eigenvalue weighted by molar-refractivity contribution is 6.33. The molecular weight excluding hydrogens is 559 g/mol. The largest absolute Gasteiger partial charge is 0.322 e. The number of rotatable bonds is 7. The molecule has 0 aliphatic rings. The van der Waals surface area contributed by atoms with E-state index in [0.29, 0.717) is 11.4 Å². The van der Waals surface area contributed by atoms with Crippen molar-refractivity contribution in [1.29, 1.82) is 0 Å². The van der Waals surface area contributed by atoms with Crippen molar-refractivity contribution in [3.8, 4) is 11.1 Å². The van der Waals surface area contributed by atoms with E-state index in [1.807, 2.05) is 38.1 Å². The number of carbonyl (C=O) groups is 2. The minimum Gasteiger partial charge on any atom is -0.322 e. The summed E-state index contributed by atoms with van der Waals surface area (Å²) in [6, 6.07) is 18.5. The van der Waals surface area contributed by atoms with Gasteiger partial charge in [0.15, 0.2) is 0 Å². The zero-order valence-electron chi connectivity index (χ0n) is 21.0. The summed E-state index contributed by atoms with van der Waals surface area (Å²) in [6.07, 6.45) is 0. The Hall–Kier alpha value is -4.80. The molecule has 0 saturated heterocycles. The molecule has 4 rings (SSSR count). The molecule has 0 unspecified atom stereocenters. The molecule has 0 radical (unpaired) electrons. The van der Waals surface area contributed by atoms with Crippen LogP contribution in [0.4, 0.5) is 22.7 Å². The van der Waals surface area contributed by atoms with Gasteiger partial charge in [0.05, 0.1) is 9.85 Å². The van der Waals surface area contributed by atoms with Crippen LogP contribution < -0.4 is 10.6 Å². The second kappa shape index (κ2) is 11.5. The van der Waals surface area contributed by atoms with Crippen LogP contribution in [-0.2, 0) is 0 Å². The van der Waals surface area contributed by atoms with Gasteiger partial charge in [0.2, 0.25) is 0 Å². The molecule has 0 saturated carbocycles. The van der Waals surface area contributed by atoms with Gasteiger partial charge in [-0.2, -0.15) is 0 Å². The van der Waals surface area contributed by atoms with Crippen molar-refractivity contribution in [3.05, 3.63) is 125 Å². The second-order valence-electron chi connectivity index (χ2n) is 8.81. The van der Waals surface area contributed by atoms with E-state index in [2.05, 4.69) is 10.6 Å². The number of hydrogen-bond donors (Lipinski definition) is 2. The molecule has 0 aromatic heterocycles. The van der Waals surface area contributed by atoms with E-state index in [4.69, 9.17) is 23.2 Å². The van der Waals surface area contributed by atoms with Crippen LogP contribution >= 0.6 is 23.2 Å². The van der Waals surface area contributed by atoms with Crippen LogP contribution in [0.1, 0.15) is 31.8 Å². The summed E-state index contributed by atoms with van der Waals surface area (Å²) in [7, 11) is 0. The molecule has 0 atom stereocenters. The van der Waals surface area contributed by atoms with Crippen LogP contribution in [0.25, 0.3) is 11.1 Å². The third kappa shape index (κ3) is 6.09. The number of nitro groups is 2. The highest BCUT2D eigenvalue weighted by atomic mass is 35.5. The lowest BCUT2D eigenvalue weighted by molar-refractivity contribution is -0.384. The second-order valence-corrected chi connectivity index (χ2v) is 9.63. The van der Waals surface area contributed by atoms with E-state index in [1.54, 1.807) is 12.1 Å². The maximum atomic E-state index is 12.7. The summed E-state index contributed by atoms with van der Waals surface area (Å²) >= 11 is 11.7. The average molecular weight is 579 g/mol. The molecule has 0 heterocycles. The number of hydrogen-bond acceptors (Lipinski definition) is 6. The Morgan fingerprint density at radius 2 is 1.00 bits per heavy atom. The third-order valence-corrected chi connectivity index (χ3v) is 6.73. The Balaban J connectivity index is 1.50. The van der Waals surface area contributed by atoms with Gasteiger partial charge in [-0.15, -0.1) is 0 Å². The molecule has 0 bridgehead atoms. The molecule has 2 N–H and O–H groups in total. The van der Waals surface area contributed by atoms with Crippen molar-refractivity contribution in [2.45, 2.75) is 13.8 Å². The number of carbonyl (C=O) groups excluding carboxylic acids is 2. The van der Waals surface area contributed by atoms with Crippen LogP contribution in [0.2, 0.25) is 10.0 Å². The number of amides is 2. The first-order chi connectivity index (χ1) is 18.9. The average Bonchev–Trinajstić information content (AvgIpc) is 2.91. The Bertz CT molecular complexity index is 1580. The van der Waals surface area contributed by atoms with Crippen LogP contribution in [0.3, 0.4) is 0 Å². The summed E-state index contributed by atoms with van der Waals surface area (Å²) in [6.45, 7) is 3.63. The first-order valence-electron chi connectivity index (χ1n) is 11.7. The van der Waals surface area contributed by atoms with E-state index in [9.17, 15) is 29.8 Å². The monoisotopic (exact) mass is 578 g/mol. The fraction of sp³-hybridized carbons (Fsp3) is 0.0714. The van der Waals surface area contributed by atoms with Crippen molar-refractivity contribution < 1.29 is 19.4 Å². The third-order valence-electron chi connectivity index (χ3n) is 6.09. The van der Waals surface area contributed by atoms with E-state index in [1.165, 1.54) is 24.3 Å². The Kier molecular flexibility index (Phi) is 8.13. The summed E-state index contributed by atoms with van der Waals surface area (Å²) in [4.78, 5) is 46.4. The maximum Gasteiger partial charge on any atom is 0.288 e. The van der Waals surface area contributed by atoms with Gasteiger partial charge in [0.25, 0.3) is 23.2 Å². The molecule has 4 aromatic rings. The Morgan fingerprint density at radius 1 is 0.625 bits per heavy atom. The van der Waals surface area contributed by atoms with Gasteiger partial charge in [-0.3, -0.25) is 29.8 Å². The molecule has 2 amide bonds. The number of nitro benzene ring substituents is 2. The molecule has 202 valence electrons. The summed E-state index contributed by atoms with van der Waals surface area (Å²) in [5, 5.41) is 27.7. The minimum absolute atomic E-state index is 0.0584. The molecular formula is C28H20Cl2N4O6. The Morgan fingerprint density at radius 3 is 1.32 bits per heavy atom. The number of aryl methyl sites for hydroxylation is 2. The molecule has 0 aliphatic carbocycles. The van der Waals surface area contributed by atoms with Gasteiger partial charge in [-0.1, -0.05) is 35.3 Å². The molecule has 40 heavy (non-hydrogen) atoms. The van der Waals surface area contributed by atoms with Gasteiger partial charge in [0, 0.05) is 34.6 Å². The van der Waals surface area contributed by atoms with Crippen molar-refractivity contribution >= 4 is 57.8 Å². The summed E-state index contributed by atoms with van der Waals surface area (Å²) in [5.41, 5.74) is 3.77. The van der Waals surface area contributed by atoms with Crippen LogP contribution in [0, 0.1) is 34.1 Å². The summed E-state index contributed by atoms with van der Waals surface area (Å²) < 4.78 is 0. The summed E-state index contributed by atoms with van der Waals surface area (Å²) in [5.74, 6) is -1.03. The minimum atomic E-state index is -0.651. The number of benzene rings is 4. The van der Waals surface area contributed by atoms with E-state index < -0.39 is 21.7 Å². The van der Waals surface area contributed by atoms with Crippen LogP contribution in [0.15, 0.2) is 72.8 Å². The van der Waals surface area contributed by atoms with Gasteiger partial charge in [-0.05, 0) is 84.6 Å². The van der Waals surface area contributed by atoms with Gasteiger partial charge in [-0.25, -0.2) is 0 Å². The molecule has 0 fully saturated rings.